The molecule has 2 aromatic rings. The molecule has 8 heteroatoms. The van der Waals surface area contributed by atoms with E-state index in [-0.39, 0.29) is 24.0 Å². The van der Waals surface area contributed by atoms with Crippen molar-refractivity contribution in [1.82, 2.24) is 5.32 Å². The van der Waals surface area contributed by atoms with E-state index in [1.807, 2.05) is 5.32 Å². The molecular weight excluding hydrogens is 363 g/mol. The van der Waals surface area contributed by atoms with Crippen LogP contribution in [0.15, 0.2) is 48.5 Å². The minimum absolute atomic E-state index is 0.0154. The highest BCUT2D eigenvalue weighted by Crippen LogP contribution is 2.33. The van der Waals surface area contributed by atoms with Crippen molar-refractivity contribution < 1.29 is 32.6 Å². The number of carbonyl (C=O) groups is 2. The van der Waals surface area contributed by atoms with Gasteiger partial charge in [-0.05, 0) is 35.7 Å². The predicted octanol–water partition coefficient (Wildman–Crippen LogP) is 3.75. The van der Waals surface area contributed by atoms with Crippen molar-refractivity contribution in [1.29, 1.82) is 0 Å². The van der Waals surface area contributed by atoms with Crippen LogP contribution in [0.5, 0.6) is 5.75 Å². The highest BCUT2D eigenvalue weighted by atomic mass is 19.4. The van der Waals surface area contributed by atoms with Gasteiger partial charge in [-0.3, -0.25) is 4.79 Å². The predicted molar refractivity (Wildman–Crippen MR) is 91.7 cm³/mol. The van der Waals surface area contributed by atoms with Gasteiger partial charge >= 0.3 is 12.1 Å². The second kappa shape index (κ2) is 8.57. The van der Waals surface area contributed by atoms with Crippen LogP contribution in [-0.2, 0) is 11.2 Å². The van der Waals surface area contributed by atoms with Crippen LogP contribution in [0, 0.1) is 0 Å². The van der Waals surface area contributed by atoms with Gasteiger partial charge < -0.3 is 15.2 Å². The molecule has 0 aliphatic carbocycles. The number of rotatable bonds is 7. The van der Waals surface area contributed by atoms with Crippen LogP contribution in [0.3, 0.4) is 0 Å². The number of carbonyl (C=O) groups excluding carboxylic acids is 1. The standard InChI is InChI=1S/C19H18F3NO4/c1-27-14-9-6-13(7-10-14)17(19(20,21)22)23-16(24)11-8-12-4-2-3-5-15(12)18(25)26/h2-7,9-10,17H,8,11H2,1H3,(H,23,24)(H,25,26). The van der Waals surface area contributed by atoms with Crippen LogP contribution in [0.1, 0.15) is 33.9 Å². The minimum Gasteiger partial charge on any atom is -0.497 e. The van der Waals surface area contributed by atoms with E-state index in [0.717, 1.165) is 0 Å². The zero-order valence-corrected chi connectivity index (χ0v) is 14.4. The van der Waals surface area contributed by atoms with Crippen LogP contribution < -0.4 is 10.1 Å². The van der Waals surface area contributed by atoms with Gasteiger partial charge in [-0.15, -0.1) is 0 Å². The van der Waals surface area contributed by atoms with Crippen molar-refractivity contribution in [2.75, 3.05) is 7.11 Å². The Morgan fingerprint density at radius 3 is 2.30 bits per heavy atom. The average Bonchev–Trinajstić information content (AvgIpc) is 2.64. The summed E-state index contributed by atoms with van der Waals surface area (Å²) in [7, 11) is 1.40. The van der Waals surface area contributed by atoms with Gasteiger partial charge in [0.2, 0.25) is 5.91 Å². The molecule has 0 fully saturated rings. The third kappa shape index (κ3) is 5.47. The Morgan fingerprint density at radius 1 is 1.11 bits per heavy atom. The lowest BCUT2D eigenvalue weighted by Gasteiger charge is -2.22. The number of methoxy groups -OCH3 is 1. The molecule has 1 atom stereocenters. The van der Waals surface area contributed by atoms with E-state index < -0.39 is 24.1 Å². The number of aromatic carboxylic acids is 1. The van der Waals surface area contributed by atoms with E-state index in [1.165, 1.54) is 49.6 Å². The number of aryl methyl sites for hydroxylation is 1. The van der Waals surface area contributed by atoms with Crippen molar-refractivity contribution in [2.24, 2.45) is 0 Å². The molecule has 0 spiro atoms. The number of carboxylic acids is 1. The summed E-state index contributed by atoms with van der Waals surface area (Å²) in [5.41, 5.74) is 0.281. The van der Waals surface area contributed by atoms with Gasteiger partial charge in [-0.1, -0.05) is 30.3 Å². The van der Waals surface area contributed by atoms with Gasteiger partial charge in [0.05, 0.1) is 12.7 Å². The van der Waals surface area contributed by atoms with Gasteiger partial charge in [-0.25, -0.2) is 4.79 Å². The Bertz CT molecular complexity index is 803. The third-order valence-electron chi connectivity index (χ3n) is 3.95. The van der Waals surface area contributed by atoms with Crippen molar-refractivity contribution in [3.8, 4) is 5.75 Å². The molecule has 144 valence electrons. The first kappa shape index (κ1) is 20.3. The van der Waals surface area contributed by atoms with Crippen molar-refractivity contribution in [2.45, 2.75) is 25.1 Å². The Morgan fingerprint density at radius 2 is 1.74 bits per heavy atom. The molecule has 0 heterocycles. The SMILES string of the molecule is COc1ccc(C(NC(=O)CCc2ccccc2C(=O)O)C(F)(F)F)cc1. The lowest BCUT2D eigenvalue weighted by molar-refractivity contribution is -0.163. The van der Waals surface area contributed by atoms with E-state index in [4.69, 9.17) is 9.84 Å². The van der Waals surface area contributed by atoms with Gasteiger partial charge in [0, 0.05) is 6.42 Å². The van der Waals surface area contributed by atoms with E-state index in [2.05, 4.69) is 0 Å². The van der Waals surface area contributed by atoms with E-state index in [1.54, 1.807) is 6.07 Å². The second-order valence-corrected chi connectivity index (χ2v) is 5.78. The Hall–Kier alpha value is -3.03. The Kier molecular flexibility index (Phi) is 6.44. The molecule has 2 aromatic carbocycles. The maximum atomic E-state index is 13.4. The number of alkyl halides is 3. The highest BCUT2D eigenvalue weighted by molar-refractivity contribution is 5.89. The van der Waals surface area contributed by atoms with Crippen LogP contribution in [-0.4, -0.2) is 30.3 Å². The molecular formula is C19H18F3NO4. The highest BCUT2D eigenvalue weighted by Gasteiger charge is 2.41. The smallest absolute Gasteiger partial charge is 0.412 e. The van der Waals surface area contributed by atoms with Gasteiger partial charge in [0.1, 0.15) is 5.75 Å². The molecule has 1 unspecified atom stereocenters. The fraction of sp³-hybridized carbons (Fsp3) is 0.263. The summed E-state index contributed by atoms with van der Waals surface area (Å²) in [6, 6.07) is 9.12. The first-order valence-electron chi connectivity index (χ1n) is 8.03. The average molecular weight is 381 g/mol. The molecule has 0 aliphatic rings. The maximum absolute atomic E-state index is 13.4. The summed E-state index contributed by atoms with van der Waals surface area (Å²) >= 11 is 0. The van der Waals surface area contributed by atoms with Gasteiger partial charge in [-0.2, -0.15) is 13.2 Å². The number of amides is 1. The number of halogens is 3. The zero-order valence-electron chi connectivity index (χ0n) is 14.4. The zero-order chi connectivity index (χ0) is 20.0. The van der Waals surface area contributed by atoms with Crippen LogP contribution >= 0.6 is 0 Å². The Labute approximate surface area is 153 Å². The molecule has 2 rings (SSSR count). The third-order valence-corrected chi connectivity index (χ3v) is 3.95. The fourth-order valence-electron chi connectivity index (χ4n) is 2.58. The van der Waals surface area contributed by atoms with Crippen molar-refractivity contribution in [3.63, 3.8) is 0 Å². The molecule has 0 saturated heterocycles. The molecule has 0 bridgehead atoms. The van der Waals surface area contributed by atoms with E-state index in [9.17, 15) is 22.8 Å². The van der Waals surface area contributed by atoms with Gasteiger partial charge in [0.15, 0.2) is 6.04 Å². The van der Waals surface area contributed by atoms with E-state index in [0.29, 0.717) is 11.3 Å². The lowest BCUT2D eigenvalue weighted by Crippen LogP contribution is -2.38. The number of ether oxygens (including phenoxy) is 1. The topological polar surface area (TPSA) is 75.6 Å². The number of benzene rings is 2. The summed E-state index contributed by atoms with van der Waals surface area (Å²) < 4.78 is 45.0. The van der Waals surface area contributed by atoms with Crippen LogP contribution in [0.2, 0.25) is 0 Å². The first-order valence-corrected chi connectivity index (χ1v) is 8.03. The number of hydrogen-bond donors (Lipinski definition) is 2. The molecule has 27 heavy (non-hydrogen) atoms. The quantitative estimate of drug-likeness (QED) is 0.766. The second-order valence-electron chi connectivity index (χ2n) is 5.78. The van der Waals surface area contributed by atoms with Crippen molar-refractivity contribution in [3.05, 3.63) is 65.2 Å². The normalized spacial score (nSPS) is 12.3. The fourth-order valence-corrected chi connectivity index (χ4v) is 2.58. The van der Waals surface area contributed by atoms with Crippen LogP contribution in [0.4, 0.5) is 13.2 Å². The largest absolute Gasteiger partial charge is 0.497 e. The summed E-state index contributed by atoms with van der Waals surface area (Å²) in [5.74, 6) is -1.58. The van der Waals surface area contributed by atoms with Gasteiger partial charge in [0.25, 0.3) is 0 Å². The monoisotopic (exact) mass is 381 g/mol. The summed E-state index contributed by atoms with van der Waals surface area (Å²) in [6.45, 7) is 0. The molecule has 5 nitrogen and oxygen atoms in total. The first-order chi connectivity index (χ1) is 12.7. The molecule has 0 aromatic heterocycles. The minimum atomic E-state index is -4.68. The molecule has 1 amide bonds. The molecule has 0 radical (unpaired) electrons. The number of carboxylic acid groups (broad SMARTS) is 1. The lowest BCUT2D eigenvalue weighted by atomic mass is 10.0. The summed E-state index contributed by atoms with van der Waals surface area (Å²) in [6.07, 6.45) is -4.93. The summed E-state index contributed by atoms with van der Waals surface area (Å²) in [4.78, 5) is 23.2. The Balaban J connectivity index is 2.09. The van der Waals surface area contributed by atoms with Crippen molar-refractivity contribution >= 4 is 11.9 Å². The van der Waals surface area contributed by atoms with Crippen LogP contribution in [0.25, 0.3) is 0 Å². The maximum Gasteiger partial charge on any atom is 0.412 e. The molecule has 2 N–H and O–H groups in total. The molecule has 0 saturated carbocycles. The number of nitrogens with one attached hydrogen (secondary N) is 1. The molecule has 0 aliphatic heterocycles. The number of hydrogen-bond acceptors (Lipinski definition) is 3. The summed E-state index contributed by atoms with van der Waals surface area (Å²) in [5, 5.41) is 11.1. The van der Waals surface area contributed by atoms with E-state index >= 15 is 0 Å².